The topological polar surface area (TPSA) is 75.6 Å². The number of fused-ring (bicyclic) bond motifs is 1. The Bertz CT molecular complexity index is 664. The van der Waals surface area contributed by atoms with Crippen molar-refractivity contribution in [3.05, 3.63) is 30.6 Å². The van der Waals surface area contributed by atoms with Gasteiger partial charge in [-0.15, -0.1) is 0 Å². The predicted molar refractivity (Wildman–Crippen MR) is 92.8 cm³/mol. The summed E-state index contributed by atoms with van der Waals surface area (Å²) in [4.78, 5) is 37.4. The van der Waals surface area contributed by atoms with Gasteiger partial charge in [0.15, 0.2) is 0 Å². The fourth-order valence-corrected chi connectivity index (χ4v) is 3.83. The average molecular weight is 344 g/mol. The maximum atomic E-state index is 12.6. The molecule has 25 heavy (non-hydrogen) atoms. The lowest BCUT2D eigenvalue weighted by Gasteiger charge is -2.26. The Hall–Kier alpha value is -2.44. The van der Waals surface area contributed by atoms with Gasteiger partial charge in [0.05, 0.1) is 7.11 Å². The second-order valence-corrected chi connectivity index (χ2v) is 6.63. The lowest BCUT2D eigenvalue weighted by Crippen LogP contribution is -2.43. The third-order valence-corrected chi connectivity index (χ3v) is 5.08. The van der Waals surface area contributed by atoms with E-state index in [9.17, 15) is 9.59 Å². The molecule has 2 fully saturated rings. The van der Waals surface area contributed by atoms with Crippen molar-refractivity contribution in [3.63, 3.8) is 0 Å². The Morgan fingerprint density at radius 1 is 1.28 bits per heavy atom. The number of esters is 1. The second kappa shape index (κ2) is 7.21. The van der Waals surface area contributed by atoms with Gasteiger partial charge in [0, 0.05) is 50.9 Å². The van der Waals surface area contributed by atoms with Crippen LogP contribution in [0.1, 0.15) is 19.8 Å². The maximum Gasteiger partial charge on any atom is 0.315 e. The third kappa shape index (κ3) is 3.23. The van der Waals surface area contributed by atoms with Crippen LogP contribution in [0.3, 0.4) is 0 Å². The first kappa shape index (κ1) is 17.4. The van der Waals surface area contributed by atoms with Crippen LogP contribution in [0.4, 0.5) is 5.95 Å². The molecule has 7 heteroatoms. The molecule has 2 aliphatic heterocycles. The van der Waals surface area contributed by atoms with Crippen LogP contribution in [0, 0.1) is 11.3 Å². The van der Waals surface area contributed by atoms with Gasteiger partial charge in [0.2, 0.25) is 11.9 Å². The number of likely N-dealkylation sites (tertiary alicyclic amines) is 1. The van der Waals surface area contributed by atoms with E-state index < -0.39 is 5.41 Å². The SMILES string of the molecule is CC/C=C/CC(=O)N1C[C@@H]2CN(c3ncccn3)C[C@]2(C(=O)OC)C1. The summed E-state index contributed by atoms with van der Waals surface area (Å²) in [7, 11) is 1.41. The van der Waals surface area contributed by atoms with Crippen LogP contribution in [-0.4, -0.2) is 60.0 Å². The van der Waals surface area contributed by atoms with Gasteiger partial charge in [-0.1, -0.05) is 19.1 Å². The van der Waals surface area contributed by atoms with E-state index in [2.05, 4.69) is 9.97 Å². The molecule has 0 radical (unpaired) electrons. The predicted octanol–water partition coefficient (Wildman–Crippen LogP) is 1.27. The number of anilines is 1. The summed E-state index contributed by atoms with van der Waals surface area (Å²) in [6.45, 7) is 4.12. The van der Waals surface area contributed by atoms with E-state index in [-0.39, 0.29) is 17.8 Å². The summed E-state index contributed by atoms with van der Waals surface area (Å²) in [5.74, 6) is 0.451. The molecular weight excluding hydrogens is 320 g/mol. The average Bonchev–Trinajstić information content (AvgIpc) is 3.17. The summed E-state index contributed by atoms with van der Waals surface area (Å²) in [6.07, 6.45) is 8.55. The zero-order valence-electron chi connectivity index (χ0n) is 14.7. The zero-order valence-corrected chi connectivity index (χ0v) is 14.7. The Balaban J connectivity index is 1.76. The van der Waals surface area contributed by atoms with Crippen molar-refractivity contribution in [1.29, 1.82) is 0 Å². The molecule has 134 valence electrons. The minimum absolute atomic E-state index is 0.0304. The molecule has 2 aliphatic rings. The molecule has 0 unspecified atom stereocenters. The van der Waals surface area contributed by atoms with Crippen LogP contribution in [0.25, 0.3) is 0 Å². The lowest BCUT2D eigenvalue weighted by molar-refractivity contribution is -0.152. The number of nitrogens with zero attached hydrogens (tertiary/aromatic N) is 4. The summed E-state index contributed by atoms with van der Waals surface area (Å²) in [6, 6.07) is 1.76. The summed E-state index contributed by atoms with van der Waals surface area (Å²) in [5.41, 5.74) is -0.696. The minimum atomic E-state index is -0.696. The van der Waals surface area contributed by atoms with E-state index >= 15 is 0 Å². The largest absolute Gasteiger partial charge is 0.468 e. The smallest absolute Gasteiger partial charge is 0.315 e. The van der Waals surface area contributed by atoms with Crippen molar-refractivity contribution < 1.29 is 14.3 Å². The molecule has 1 aromatic rings. The highest BCUT2D eigenvalue weighted by atomic mass is 16.5. The minimum Gasteiger partial charge on any atom is -0.468 e. The van der Waals surface area contributed by atoms with Gasteiger partial charge in [-0.2, -0.15) is 0 Å². The molecule has 3 heterocycles. The highest BCUT2D eigenvalue weighted by Gasteiger charge is 2.59. The van der Waals surface area contributed by atoms with Crippen molar-refractivity contribution in [2.45, 2.75) is 19.8 Å². The van der Waals surface area contributed by atoms with Gasteiger partial charge in [-0.05, 0) is 12.5 Å². The molecule has 1 aromatic heterocycles. The normalized spacial score (nSPS) is 25.4. The zero-order chi connectivity index (χ0) is 17.9. The van der Waals surface area contributed by atoms with E-state index in [1.165, 1.54) is 7.11 Å². The first-order valence-corrected chi connectivity index (χ1v) is 8.64. The van der Waals surface area contributed by atoms with Crippen LogP contribution >= 0.6 is 0 Å². The van der Waals surface area contributed by atoms with Crippen molar-refractivity contribution in [1.82, 2.24) is 14.9 Å². The molecule has 0 aliphatic carbocycles. The molecule has 0 N–H and O–H groups in total. The van der Waals surface area contributed by atoms with Crippen LogP contribution in [0.15, 0.2) is 30.6 Å². The molecule has 0 bridgehead atoms. The first-order chi connectivity index (χ1) is 12.1. The lowest BCUT2D eigenvalue weighted by atomic mass is 9.81. The number of methoxy groups -OCH3 is 1. The van der Waals surface area contributed by atoms with Crippen LogP contribution < -0.4 is 4.90 Å². The van der Waals surface area contributed by atoms with Crippen molar-refractivity contribution >= 4 is 17.8 Å². The Morgan fingerprint density at radius 2 is 2.04 bits per heavy atom. The van der Waals surface area contributed by atoms with E-state index in [1.54, 1.807) is 23.4 Å². The van der Waals surface area contributed by atoms with Crippen molar-refractivity contribution in [2.24, 2.45) is 11.3 Å². The number of hydrogen-bond acceptors (Lipinski definition) is 6. The Labute approximate surface area is 147 Å². The van der Waals surface area contributed by atoms with Gasteiger partial charge in [0.25, 0.3) is 0 Å². The van der Waals surface area contributed by atoms with Gasteiger partial charge < -0.3 is 14.5 Å². The number of allylic oxidation sites excluding steroid dienone is 1. The molecule has 1 amide bonds. The van der Waals surface area contributed by atoms with Crippen LogP contribution in [0.5, 0.6) is 0 Å². The number of carbonyl (C=O) groups excluding carboxylic acids is 2. The van der Waals surface area contributed by atoms with Gasteiger partial charge in [-0.25, -0.2) is 9.97 Å². The number of rotatable bonds is 5. The van der Waals surface area contributed by atoms with Crippen LogP contribution in [0.2, 0.25) is 0 Å². The van der Waals surface area contributed by atoms with Gasteiger partial charge >= 0.3 is 5.97 Å². The summed E-state index contributed by atoms with van der Waals surface area (Å²) in [5, 5.41) is 0. The van der Waals surface area contributed by atoms with E-state index in [4.69, 9.17) is 4.74 Å². The van der Waals surface area contributed by atoms with E-state index in [1.807, 2.05) is 24.0 Å². The standard InChI is InChI=1S/C18H24N4O3/c1-3-4-5-7-15(23)21-10-14-11-22(17-19-8-6-9-20-17)13-18(14,12-21)16(24)25-2/h4-6,8-9,14H,3,7,10-13H2,1-2H3/b5-4+/t14-,18-/m1/s1. The molecule has 3 rings (SSSR count). The van der Waals surface area contributed by atoms with E-state index in [0.717, 1.165) is 6.42 Å². The second-order valence-electron chi connectivity index (χ2n) is 6.63. The number of hydrogen-bond donors (Lipinski definition) is 0. The molecule has 0 aromatic carbocycles. The molecular formula is C18H24N4O3. The Morgan fingerprint density at radius 3 is 2.72 bits per heavy atom. The molecule has 7 nitrogen and oxygen atoms in total. The quantitative estimate of drug-likeness (QED) is 0.591. The van der Waals surface area contributed by atoms with Crippen molar-refractivity contribution in [2.75, 3.05) is 38.2 Å². The maximum absolute atomic E-state index is 12.6. The third-order valence-electron chi connectivity index (χ3n) is 5.08. The number of amides is 1. The fraction of sp³-hybridized carbons (Fsp3) is 0.556. The Kier molecular flexibility index (Phi) is 5.01. The molecule has 0 spiro atoms. The molecule has 2 saturated heterocycles. The van der Waals surface area contributed by atoms with Gasteiger partial charge in [-0.3, -0.25) is 9.59 Å². The van der Waals surface area contributed by atoms with Gasteiger partial charge in [0.1, 0.15) is 5.41 Å². The van der Waals surface area contributed by atoms with Crippen molar-refractivity contribution in [3.8, 4) is 0 Å². The fourth-order valence-electron chi connectivity index (χ4n) is 3.83. The van der Waals surface area contributed by atoms with E-state index in [0.29, 0.717) is 38.5 Å². The monoisotopic (exact) mass is 344 g/mol. The number of carbonyl (C=O) groups is 2. The number of ether oxygens (including phenoxy) is 1. The summed E-state index contributed by atoms with van der Waals surface area (Å²) < 4.78 is 5.09. The highest BCUT2D eigenvalue weighted by molar-refractivity contribution is 5.84. The summed E-state index contributed by atoms with van der Waals surface area (Å²) >= 11 is 0. The first-order valence-electron chi connectivity index (χ1n) is 8.64. The molecule has 0 saturated carbocycles. The molecule has 2 atom stereocenters. The number of aromatic nitrogens is 2. The highest BCUT2D eigenvalue weighted by Crippen LogP contribution is 2.44. The van der Waals surface area contributed by atoms with Crippen LogP contribution in [-0.2, 0) is 14.3 Å².